The van der Waals surface area contributed by atoms with Crippen LogP contribution in [0.3, 0.4) is 0 Å². The van der Waals surface area contributed by atoms with Gasteiger partial charge in [-0.2, -0.15) is 5.10 Å². The highest BCUT2D eigenvalue weighted by Crippen LogP contribution is 2.24. The van der Waals surface area contributed by atoms with E-state index in [1.807, 2.05) is 42.8 Å². The van der Waals surface area contributed by atoms with Gasteiger partial charge >= 0.3 is 0 Å². The molecule has 3 aromatic rings. The van der Waals surface area contributed by atoms with Gasteiger partial charge in [0.05, 0.1) is 25.5 Å². The first kappa shape index (κ1) is 21.5. The van der Waals surface area contributed by atoms with E-state index >= 15 is 0 Å². The minimum Gasteiger partial charge on any atom is -0.497 e. The molecule has 0 fully saturated rings. The molecule has 1 aliphatic rings. The van der Waals surface area contributed by atoms with E-state index in [9.17, 15) is 9.59 Å². The molecule has 0 spiro atoms. The molecule has 0 bridgehead atoms. The Morgan fingerprint density at radius 2 is 1.94 bits per heavy atom. The zero-order valence-corrected chi connectivity index (χ0v) is 18.5. The number of aryl methyl sites for hydroxylation is 2. The number of rotatable bonds is 6. The average Bonchev–Trinajstić information content (AvgIpc) is 3.21. The van der Waals surface area contributed by atoms with Crippen LogP contribution in [0.25, 0.3) is 0 Å². The quantitative estimate of drug-likeness (QED) is 0.638. The summed E-state index contributed by atoms with van der Waals surface area (Å²) in [5, 5.41) is 7.49. The molecular weight excluding hydrogens is 408 g/mol. The van der Waals surface area contributed by atoms with E-state index in [4.69, 9.17) is 4.74 Å². The van der Waals surface area contributed by atoms with Crippen LogP contribution in [0.2, 0.25) is 0 Å². The predicted molar refractivity (Wildman–Crippen MR) is 117 cm³/mol. The topological polar surface area (TPSA) is 102 Å². The van der Waals surface area contributed by atoms with Crippen molar-refractivity contribution >= 4 is 11.8 Å². The third-order valence-corrected chi connectivity index (χ3v) is 5.55. The molecule has 3 heterocycles. The number of ether oxygens (including phenoxy) is 1. The number of benzene rings is 1. The molecule has 4 rings (SSSR count). The second kappa shape index (κ2) is 9.17. The number of nitrogens with zero attached hydrogens (tertiary/aromatic N) is 5. The van der Waals surface area contributed by atoms with Crippen LogP contribution in [0.4, 0.5) is 0 Å². The number of hydrogen-bond acceptors (Lipinski definition) is 6. The van der Waals surface area contributed by atoms with E-state index in [2.05, 4.69) is 20.4 Å². The number of fused-ring (bicyclic) bond motifs is 1. The van der Waals surface area contributed by atoms with Crippen LogP contribution in [0.15, 0.2) is 36.7 Å². The lowest BCUT2D eigenvalue weighted by Gasteiger charge is -2.27. The fraction of sp³-hybridized carbons (Fsp3) is 0.348. The summed E-state index contributed by atoms with van der Waals surface area (Å²) in [7, 11) is 1.61. The fourth-order valence-corrected chi connectivity index (χ4v) is 3.78. The number of carbonyl (C=O) groups excluding carboxylic acids is 2. The number of nitrogens with one attached hydrogen (secondary N) is 1. The average molecular weight is 435 g/mol. The van der Waals surface area contributed by atoms with Crippen LogP contribution in [0.1, 0.15) is 50.4 Å². The van der Waals surface area contributed by atoms with Crippen LogP contribution in [-0.2, 0) is 26.1 Å². The van der Waals surface area contributed by atoms with Gasteiger partial charge in [0, 0.05) is 43.5 Å². The molecule has 2 amide bonds. The van der Waals surface area contributed by atoms with Gasteiger partial charge in [-0.15, -0.1) is 0 Å². The van der Waals surface area contributed by atoms with Crippen molar-refractivity contribution in [2.75, 3.05) is 13.7 Å². The molecule has 0 radical (unpaired) electrons. The van der Waals surface area contributed by atoms with Crippen molar-refractivity contribution in [1.29, 1.82) is 0 Å². The van der Waals surface area contributed by atoms with Crippen molar-refractivity contribution in [3.05, 3.63) is 70.6 Å². The van der Waals surface area contributed by atoms with Gasteiger partial charge in [0.1, 0.15) is 11.4 Å². The van der Waals surface area contributed by atoms with Gasteiger partial charge in [0.2, 0.25) is 0 Å². The first-order valence-corrected chi connectivity index (χ1v) is 10.6. The summed E-state index contributed by atoms with van der Waals surface area (Å²) >= 11 is 0. The second-order valence-electron chi connectivity index (χ2n) is 7.64. The highest BCUT2D eigenvalue weighted by molar-refractivity contribution is 5.95. The predicted octanol–water partition coefficient (Wildman–Crippen LogP) is 2.14. The summed E-state index contributed by atoms with van der Waals surface area (Å²) in [5.41, 5.74) is 4.16. The van der Waals surface area contributed by atoms with E-state index in [1.165, 1.54) is 6.20 Å². The fourth-order valence-electron chi connectivity index (χ4n) is 3.78. The Labute approximate surface area is 186 Å². The van der Waals surface area contributed by atoms with E-state index in [0.29, 0.717) is 44.0 Å². The summed E-state index contributed by atoms with van der Waals surface area (Å²) in [6.07, 6.45) is 3.70. The van der Waals surface area contributed by atoms with Gasteiger partial charge in [-0.3, -0.25) is 19.3 Å². The third-order valence-electron chi connectivity index (χ3n) is 5.55. The Bertz CT molecular complexity index is 1120. The molecule has 32 heavy (non-hydrogen) atoms. The van der Waals surface area contributed by atoms with Crippen molar-refractivity contribution in [2.24, 2.45) is 0 Å². The number of amides is 2. The number of hydrogen-bond donors (Lipinski definition) is 1. The molecule has 0 saturated heterocycles. The maximum atomic E-state index is 13.0. The molecule has 2 aromatic heterocycles. The molecule has 1 aliphatic heterocycles. The van der Waals surface area contributed by atoms with E-state index in [1.54, 1.807) is 18.2 Å². The van der Waals surface area contributed by atoms with Crippen molar-refractivity contribution < 1.29 is 14.3 Å². The van der Waals surface area contributed by atoms with Gasteiger partial charge < -0.3 is 15.0 Å². The third kappa shape index (κ3) is 4.32. The van der Waals surface area contributed by atoms with Crippen molar-refractivity contribution in [3.8, 4) is 5.75 Å². The summed E-state index contributed by atoms with van der Waals surface area (Å²) in [6, 6.07) is 7.52. The lowest BCUT2D eigenvalue weighted by Crippen LogP contribution is -2.37. The minimum atomic E-state index is -0.256. The molecule has 0 saturated carbocycles. The number of carbonyl (C=O) groups is 2. The van der Waals surface area contributed by atoms with Gasteiger partial charge in [-0.25, -0.2) is 4.98 Å². The Balaban J connectivity index is 1.51. The van der Waals surface area contributed by atoms with Crippen LogP contribution in [-0.4, -0.2) is 50.1 Å². The van der Waals surface area contributed by atoms with Crippen LogP contribution in [0.5, 0.6) is 5.75 Å². The Kier molecular flexibility index (Phi) is 6.16. The molecule has 1 aromatic carbocycles. The normalized spacial score (nSPS) is 12.9. The largest absolute Gasteiger partial charge is 0.497 e. The summed E-state index contributed by atoms with van der Waals surface area (Å²) in [5.74, 6) is 0.310. The van der Waals surface area contributed by atoms with Crippen LogP contribution >= 0.6 is 0 Å². The molecule has 9 heteroatoms. The summed E-state index contributed by atoms with van der Waals surface area (Å²) in [4.78, 5) is 36.0. The van der Waals surface area contributed by atoms with Crippen molar-refractivity contribution in [2.45, 2.75) is 39.9 Å². The van der Waals surface area contributed by atoms with Crippen LogP contribution in [0, 0.1) is 6.92 Å². The monoisotopic (exact) mass is 434 g/mol. The van der Waals surface area contributed by atoms with Gasteiger partial charge in [0.25, 0.3) is 11.8 Å². The summed E-state index contributed by atoms with van der Waals surface area (Å²) in [6.45, 7) is 5.70. The lowest BCUT2D eigenvalue weighted by atomic mass is 10.0. The summed E-state index contributed by atoms with van der Waals surface area (Å²) < 4.78 is 7.02. The molecule has 0 atom stereocenters. The molecule has 0 aliphatic carbocycles. The van der Waals surface area contributed by atoms with E-state index in [0.717, 1.165) is 28.3 Å². The second-order valence-corrected chi connectivity index (χ2v) is 7.64. The Morgan fingerprint density at radius 3 is 2.59 bits per heavy atom. The molecule has 166 valence electrons. The van der Waals surface area contributed by atoms with Gasteiger partial charge in [-0.1, -0.05) is 12.1 Å². The van der Waals surface area contributed by atoms with Crippen molar-refractivity contribution in [3.63, 3.8) is 0 Å². The molecule has 9 nitrogen and oxygen atoms in total. The van der Waals surface area contributed by atoms with E-state index < -0.39 is 0 Å². The smallest absolute Gasteiger partial charge is 0.274 e. The van der Waals surface area contributed by atoms with Crippen LogP contribution < -0.4 is 10.1 Å². The molecular formula is C23H26N6O3. The molecule has 1 N–H and O–H groups in total. The molecule has 0 unspecified atom stereocenters. The first-order chi connectivity index (χ1) is 15.5. The highest BCUT2D eigenvalue weighted by Gasteiger charge is 2.30. The van der Waals surface area contributed by atoms with E-state index in [-0.39, 0.29) is 11.8 Å². The minimum absolute atomic E-state index is 0.197. The van der Waals surface area contributed by atoms with Crippen molar-refractivity contribution in [1.82, 2.24) is 30.0 Å². The van der Waals surface area contributed by atoms with Gasteiger partial charge in [0.15, 0.2) is 5.69 Å². The Morgan fingerprint density at radius 1 is 1.16 bits per heavy atom. The zero-order chi connectivity index (χ0) is 22.7. The number of aromatic nitrogens is 4. The lowest BCUT2D eigenvalue weighted by molar-refractivity contribution is 0.0724. The van der Waals surface area contributed by atoms with Gasteiger partial charge in [-0.05, 0) is 31.5 Å². The standard InChI is InChI=1S/C23H26N6O3/c1-4-29-20-9-10-28(23(31)19-13-24-15(2)11-25-19)14-18(20)21(27-29)22(30)26-12-16-5-7-17(32-3)8-6-16/h5-8,11,13H,4,9-10,12,14H2,1-3H3,(H,26,30). The SMILES string of the molecule is CCn1nc(C(=O)NCc2ccc(OC)cc2)c2c1CCN(C(=O)c1cnc(C)cn1)C2. The first-order valence-electron chi connectivity index (χ1n) is 10.6. The number of methoxy groups -OCH3 is 1. The zero-order valence-electron chi connectivity index (χ0n) is 18.5. The highest BCUT2D eigenvalue weighted by atomic mass is 16.5. The maximum absolute atomic E-state index is 13.0. The maximum Gasteiger partial charge on any atom is 0.274 e. The Hall–Kier alpha value is -3.75.